The summed E-state index contributed by atoms with van der Waals surface area (Å²) < 4.78 is 23.7. The average Bonchev–Trinajstić information content (AvgIpc) is 3.50. The van der Waals surface area contributed by atoms with E-state index in [1.54, 1.807) is 4.90 Å². The summed E-state index contributed by atoms with van der Waals surface area (Å²) in [6.07, 6.45) is 1.35. The summed E-state index contributed by atoms with van der Waals surface area (Å²) in [7, 11) is 0. The van der Waals surface area contributed by atoms with Gasteiger partial charge in [0, 0.05) is 47.0 Å². The zero-order valence-corrected chi connectivity index (χ0v) is 22.2. The van der Waals surface area contributed by atoms with Gasteiger partial charge >= 0.3 is 6.09 Å². The number of nitrogens with zero attached hydrogens (tertiary/aromatic N) is 2. The van der Waals surface area contributed by atoms with Crippen molar-refractivity contribution in [3.63, 3.8) is 0 Å². The normalized spacial score (nSPS) is 22.6. The molecule has 1 fully saturated rings. The van der Waals surface area contributed by atoms with E-state index >= 15 is 0 Å². The molecule has 4 aliphatic heterocycles. The number of anilines is 1. The summed E-state index contributed by atoms with van der Waals surface area (Å²) in [5.74, 6) is 2.21. The van der Waals surface area contributed by atoms with Gasteiger partial charge in [0.25, 0.3) is 0 Å². The lowest BCUT2D eigenvalue weighted by molar-refractivity contribution is -0.122. The number of benzene rings is 2. The third-order valence-electron chi connectivity index (χ3n) is 7.41. The topological polar surface area (TPSA) is 77.5 Å². The Morgan fingerprint density at radius 2 is 1.83 bits per heavy atom. The van der Waals surface area contributed by atoms with Crippen LogP contribution in [0.4, 0.5) is 10.5 Å². The van der Waals surface area contributed by atoms with E-state index in [9.17, 15) is 9.59 Å². The van der Waals surface area contributed by atoms with Crippen LogP contribution in [0.5, 0.6) is 17.2 Å². The molecule has 8 nitrogen and oxygen atoms in total. The monoisotopic (exact) mass is 556 g/mol. The lowest BCUT2D eigenvalue weighted by Gasteiger charge is -2.35. The minimum atomic E-state index is -0.942. The number of hydrogen-bond acceptors (Lipinski definition) is 6. The van der Waals surface area contributed by atoms with E-state index < -0.39 is 11.0 Å². The van der Waals surface area contributed by atoms with Crippen LogP contribution in [-0.4, -0.2) is 55.5 Å². The molecular weight excluding hydrogens is 528 g/mol. The number of amides is 2. The molecule has 4 heterocycles. The molecule has 0 aliphatic carbocycles. The van der Waals surface area contributed by atoms with Crippen LogP contribution < -0.4 is 19.1 Å². The molecule has 1 saturated heterocycles. The summed E-state index contributed by atoms with van der Waals surface area (Å²) in [5.41, 5.74) is 1.19. The van der Waals surface area contributed by atoms with Crippen LogP contribution in [0, 0.1) is 5.92 Å². The molecule has 6 rings (SSSR count). The van der Waals surface area contributed by atoms with E-state index in [0.717, 1.165) is 34.1 Å². The third-order valence-corrected chi connectivity index (χ3v) is 8.07. The van der Waals surface area contributed by atoms with Crippen LogP contribution >= 0.6 is 15.9 Å². The summed E-state index contributed by atoms with van der Waals surface area (Å²) in [6, 6.07) is 9.67. The first-order valence-electron chi connectivity index (χ1n) is 12.3. The molecule has 2 aromatic rings. The van der Waals surface area contributed by atoms with Crippen LogP contribution in [0.2, 0.25) is 0 Å². The molecule has 0 radical (unpaired) electrons. The molecule has 0 saturated carbocycles. The quantitative estimate of drug-likeness (QED) is 0.526. The van der Waals surface area contributed by atoms with Gasteiger partial charge in [-0.15, -0.1) is 0 Å². The molecular formula is C27H29BrN2O6. The van der Waals surface area contributed by atoms with Crippen LogP contribution in [0.3, 0.4) is 0 Å². The number of likely N-dealkylation sites (tertiary alicyclic amines) is 1. The Morgan fingerprint density at radius 1 is 1.11 bits per heavy atom. The van der Waals surface area contributed by atoms with E-state index in [0.29, 0.717) is 36.9 Å². The first-order chi connectivity index (χ1) is 17.2. The van der Waals surface area contributed by atoms with E-state index in [2.05, 4.69) is 15.9 Å². The largest absolute Gasteiger partial charge is 0.491 e. The predicted molar refractivity (Wildman–Crippen MR) is 136 cm³/mol. The molecule has 36 heavy (non-hydrogen) atoms. The van der Waals surface area contributed by atoms with Gasteiger partial charge in [0.05, 0.1) is 0 Å². The van der Waals surface area contributed by atoms with Crippen molar-refractivity contribution in [2.75, 3.05) is 37.9 Å². The number of halogens is 1. The zero-order chi connectivity index (χ0) is 25.2. The maximum atomic E-state index is 14.3. The maximum Gasteiger partial charge on any atom is 0.410 e. The molecule has 1 atom stereocenters. The molecule has 9 heteroatoms. The summed E-state index contributed by atoms with van der Waals surface area (Å²) in [5, 5.41) is 0. The highest BCUT2D eigenvalue weighted by atomic mass is 79.9. The standard InChI is InChI=1S/C27H29BrN2O6/c1-26(2,3)36-25(32)29-9-7-16(8-10-29)13-30-19-6-4-5-18(28)23(19)27(24(30)31)14-33-20-12-22-21(11-17(20)27)34-15-35-22/h4-6,11-12,16H,7-10,13-15H2,1-3H3. The number of ether oxygens (including phenoxy) is 4. The van der Waals surface area contributed by atoms with Crippen molar-refractivity contribution in [2.45, 2.75) is 44.6 Å². The van der Waals surface area contributed by atoms with Gasteiger partial charge in [0.2, 0.25) is 12.7 Å². The highest BCUT2D eigenvalue weighted by Crippen LogP contribution is 2.57. The van der Waals surface area contributed by atoms with Crippen LogP contribution in [0.25, 0.3) is 0 Å². The number of hydrogen-bond donors (Lipinski definition) is 0. The van der Waals surface area contributed by atoms with Gasteiger partial charge in [-0.1, -0.05) is 22.0 Å². The van der Waals surface area contributed by atoms with Crippen LogP contribution in [-0.2, 0) is 14.9 Å². The smallest absolute Gasteiger partial charge is 0.410 e. The Balaban J connectivity index is 1.27. The lowest BCUT2D eigenvalue weighted by Crippen LogP contribution is -2.47. The molecule has 0 aromatic heterocycles. The predicted octanol–water partition coefficient (Wildman–Crippen LogP) is 4.85. The van der Waals surface area contributed by atoms with Crippen molar-refractivity contribution in [3.05, 3.63) is 45.9 Å². The summed E-state index contributed by atoms with van der Waals surface area (Å²) >= 11 is 3.73. The number of fused-ring (bicyclic) bond motifs is 5. The van der Waals surface area contributed by atoms with Gasteiger partial charge in [0.1, 0.15) is 23.4 Å². The molecule has 1 spiro atoms. The molecule has 1 unspecified atom stereocenters. The number of carbonyl (C=O) groups excluding carboxylic acids is 2. The first-order valence-corrected chi connectivity index (χ1v) is 13.1. The fourth-order valence-corrected chi connectivity index (χ4v) is 6.39. The van der Waals surface area contributed by atoms with Gasteiger partial charge in [-0.3, -0.25) is 4.79 Å². The highest BCUT2D eigenvalue weighted by Gasteiger charge is 2.58. The number of carbonyl (C=O) groups is 2. The van der Waals surface area contributed by atoms with Gasteiger partial charge < -0.3 is 28.7 Å². The second kappa shape index (κ2) is 8.30. The highest BCUT2D eigenvalue weighted by molar-refractivity contribution is 9.10. The minimum Gasteiger partial charge on any atom is -0.491 e. The summed E-state index contributed by atoms with van der Waals surface area (Å²) in [6.45, 7) is 7.84. The molecule has 2 aromatic carbocycles. The van der Waals surface area contributed by atoms with Gasteiger partial charge in [-0.2, -0.15) is 0 Å². The average molecular weight is 557 g/mol. The van der Waals surface area contributed by atoms with E-state index in [-0.39, 0.29) is 31.3 Å². The van der Waals surface area contributed by atoms with Crippen molar-refractivity contribution in [1.82, 2.24) is 4.90 Å². The van der Waals surface area contributed by atoms with Crippen LogP contribution in [0.1, 0.15) is 44.7 Å². The summed E-state index contributed by atoms with van der Waals surface area (Å²) in [4.78, 5) is 30.4. The second-order valence-electron chi connectivity index (χ2n) is 10.9. The van der Waals surface area contributed by atoms with Crippen molar-refractivity contribution in [1.29, 1.82) is 0 Å². The molecule has 0 bridgehead atoms. The SMILES string of the molecule is CC(C)(C)OC(=O)N1CCC(CN2C(=O)C3(COc4cc5c(cc43)OCO5)c3c(Br)cccc32)CC1. The fraction of sp³-hybridized carbons (Fsp3) is 0.481. The number of piperidine rings is 1. The van der Waals surface area contributed by atoms with Gasteiger partial charge in [0.15, 0.2) is 11.5 Å². The Bertz CT molecular complexity index is 1250. The van der Waals surface area contributed by atoms with E-state index in [1.807, 2.05) is 56.0 Å². The third kappa shape index (κ3) is 3.62. The Labute approximate surface area is 218 Å². The Kier molecular flexibility index (Phi) is 5.41. The van der Waals surface area contributed by atoms with Crippen molar-refractivity contribution < 1.29 is 28.5 Å². The molecule has 190 valence electrons. The van der Waals surface area contributed by atoms with Gasteiger partial charge in [-0.25, -0.2) is 4.79 Å². The van der Waals surface area contributed by atoms with Gasteiger partial charge in [-0.05, 0) is 57.7 Å². The lowest BCUT2D eigenvalue weighted by atomic mass is 9.77. The number of rotatable bonds is 2. The Hall–Kier alpha value is -2.94. The second-order valence-corrected chi connectivity index (χ2v) is 11.7. The van der Waals surface area contributed by atoms with E-state index in [4.69, 9.17) is 18.9 Å². The van der Waals surface area contributed by atoms with Crippen LogP contribution in [0.15, 0.2) is 34.8 Å². The molecule has 2 amide bonds. The Morgan fingerprint density at radius 3 is 2.56 bits per heavy atom. The molecule has 4 aliphatic rings. The van der Waals surface area contributed by atoms with Crippen molar-refractivity contribution in [2.24, 2.45) is 5.92 Å². The van der Waals surface area contributed by atoms with E-state index in [1.165, 1.54) is 0 Å². The fourth-order valence-electron chi connectivity index (χ4n) is 5.69. The van der Waals surface area contributed by atoms with Crippen molar-refractivity contribution >= 4 is 33.6 Å². The first kappa shape index (κ1) is 23.5. The zero-order valence-electron chi connectivity index (χ0n) is 20.6. The van der Waals surface area contributed by atoms with Crippen molar-refractivity contribution in [3.8, 4) is 17.2 Å². The maximum absolute atomic E-state index is 14.3. The molecule has 0 N–H and O–H groups in total. The minimum absolute atomic E-state index is 0.0107.